The molecule has 0 fully saturated rings. The number of benzene rings is 1. The van der Waals surface area contributed by atoms with Crippen molar-refractivity contribution in [2.24, 2.45) is 0 Å². The van der Waals surface area contributed by atoms with Crippen LogP contribution in [0.3, 0.4) is 0 Å². The van der Waals surface area contributed by atoms with E-state index in [1.165, 1.54) is 25.1 Å². The largest absolute Gasteiger partial charge is 0.481 e. The quantitative estimate of drug-likeness (QED) is 0.681. The van der Waals surface area contributed by atoms with E-state index in [0.717, 1.165) is 6.07 Å². The first-order chi connectivity index (χ1) is 9.79. The normalized spacial score (nSPS) is 13.0. The third-order valence-corrected chi connectivity index (χ3v) is 2.47. The summed E-state index contributed by atoms with van der Waals surface area (Å²) in [6, 6.07) is 3.52. The Morgan fingerprint density at radius 1 is 1.33 bits per heavy atom. The van der Waals surface area contributed by atoms with Gasteiger partial charge in [0, 0.05) is 6.07 Å². The van der Waals surface area contributed by atoms with Crippen LogP contribution in [0.15, 0.2) is 24.3 Å². The zero-order chi connectivity index (χ0) is 16.0. The van der Waals surface area contributed by atoms with E-state index in [0.29, 0.717) is 0 Å². The fourth-order valence-electron chi connectivity index (χ4n) is 1.46. The number of carboxylic acids is 2. The van der Waals surface area contributed by atoms with Crippen LogP contribution in [-0.4, -0.2) is 40.2 Å². The first-order valence-corrected chi connectivity index (χ1v) is 5.96. The molecule has 0 aromatic heterocycles. The van der Waals surface area contributed by atoms with E-state index in [-0.39, 0.29) is 5.75 Å². The van der Waals surface area contributed by atoms with Gasteiger partial charge in [-0.1, -0.05) is 6.07 Å². The number of halogens is 1. The Hall–Kier alpha value is -2.64. The SMILES string of the molecule is CC(Oc1cccc(F)c1)C(=O)N[C@@H](CC(=O)O)C(=O)O. The Balaban J connectivity index is 2.64. The van der Waals surface area contributed by atoms with Crippen LogP contribution < -0.4 is 10.1 Å². The number of nitrogens with one attached hydrogen (secondary N) is 1. The highest BCUT2D eigenvalue weighted by Crippen LogP contribution is 2.13. The number of hydrogen-bond acceptors (Lipinski definition) is 4. The van der Waals surface area contributed by atoms with Crippen LogP contribution in [0.25, 0.3) is 0 Å². The van der Waals surface area contributed by atoms with Crippen molar-refractivity contribution in [1.82, 2.24) is 5.32 Å². The number of carbonyl (C=O) groups excluding carboxylic acids is 1. The summed E-state index contributed by atoms with van der Waals surface area (Å²) in [6.45, 7) is 1.33. The van der Waals surface area contributed by atoms with Gasteiger partial charge in [0.15, 0.2) is 6.10 Å². The van der Waals surface area contributed by atoms with E-state index in [4.69, 9.17) is 14.9 Å². The van der Waals surface area contributed by atoms with Crippen LogP contribution in [0.2, 0.25) is 0 Å². The molecule has 0 aliphatic rings. The van der Waals surface area contributed by atoms with Crippen molar-refractivity contribution >= 4 is 17.8 Å². The van der Waals surface area contributed by atoms with E-state index in [1.54, 1.807) is 0 Å². The van der Waals surface area contributed by atoms with E-state index in [2.05, 4.69) is 0 Å². The molecule has 0 aliphatic heterocycles. The summed E-state index contributed by atoms with van der Waals surface area (Å²) >= 11 is 0. The minimum Gasteiger partial charge on any atom is -0.481 e. The minimum absolute atomic E-state index is 0.0998. The second kappa shape index (κ2) is 7.22. The minimum atomic E-state index is -1.56. The Bertz CT molecular complexity index is 547. The highest BCUT2D eigenvalue weighted by atomic mass is 19.1. The van der Waals surface area contributed by atoms with Crippen molar-refractivity contribution in [1.29, 1.82) is 0 Å². The number of rotatable bonds is 7. The summed E-state index contributed by atoms with van der Waals surface area (Å²) in [6.07, 6.45) is -1.87. The van der Waals surface area contributed by atoms with Crippen molar-refractivity contribution in [3.05, 3.63) is 30.1 Å². The number of amides is 1. The summed E-state index contributed by atoms with van der Waals surface area (Å²) < 4.78 is 18.1. The first kappa shape index (κ1) is 16.4. The van der Waals surface area contributed by atoms with Crippen LogP contribution in [-0.2, 0) is 14.4 Å². The average molecular weight is 299 g/mol. The molecule has 21 heavy (non-hydrogen) atoms. The molecule has 0 spiro atoms. The molecule has 0 aliphatic carbocycles. The van der Waals surface area contributed by atoms with E-state index < -0.39 is 42.2 Å². The van der Waals surface area contributed by atoms with E-state index in [9.17, 15) is 18.8 Å². The van der Waals surface area contributed by atoms with Gasteiger partial charge in [-0.2, -0.15) is 0 Å². The third-order valence-electron chi connectivity index (χ3n) is 2.47. The topological polar surface area (TPSA) is 113 Å². The summed E-state index contributed by atoms with van der Waals surface area (Å²) in [5.41, 5.74) is 0. The Morgan fingerprint density at radius 2 is 2.00 bits per heavy atom. The molecule has 0 saturated heterocycles. The number of carboxylic acid groups (broad SMARTS) is 2. The van der Waals surface area contributed by atoms with Crippen molar-refractivity contribution < 1.29 is 33.7 Å². The van der Waals surface area contributed by atoms with Gasteiger partial charge in [0.05, 0.1) is 6.42 Å². The summed E-state index contributed by atoms with van der Waals surface area (Å²) in [7, 11) is 0. The van der Waals surface area contributed by atoms with Gasteiger partial charge < -0.3 is 20.3 Å². The number of aliphatic carboxylic acids is 2. The Morgan fingerprint density at radius 3 is 2.52 bits per heavy atom. The monoisotopic (exact) mass is 299 g/mol. The molecule has 8 heteroatoms. The molecule has 1 amide bonds. The predicted octanol–water partition coefficient (Wildman–Crippen LogP) is 0.637. The molecular formula is C13H14FNO6. The number of carbonyl (C=O) groups is 3. The van der Waals surface area contributed by atoms with Crippen molar-refractivity contribution in [3.63, 3.8) is 0 Å². The molecule has 0 heterocycles. The maximum Gasteiger partial charge on any atom is 0.326 e. The molecule has 114 valence electrons. The van der Waals surface area contributed by atoms with E-state index in [1.807, 2.05) is 5.32 Å². The summed E-state index contributed by atoms with van der Waals surface area (Å²) in [4.78, 5) is 33.1. The maximum absolute atomic E-state index is 13.0. The smallest absolute Gasteiger partial charge is 0.326 e. The maximum atomic E-state index is 13.0. The fourth-order valence-corrected chi connectivity index (χ4v) is 1.46. The molecule has 2 atom stereocenters. The predicted molar refractivity (Wildman–Crippen MR) is 68.3 cm³/mol. The second-order valence-electron chi connectivity index (χ2n) is 4.21. The summed E-state index contributed by atoms with van der Waals surface area (Å²) in [5, 5.41) is 19.4. The number of ether oxygens (including phenoxy) is 1. The van der Waals surface area contributed by atoms with Crippen molar-refractivity contribution in [3.8, 4) is 5.75 Å². The highest BCUT2D eigenvalue weighted by molar-refractivity contribution is 5.88. The highest BCUT2D eigenvalue weighted by Gasteiger charge is 2.26. The van der Waals surface area contributed by atoms with Gasteiger partial charge in [-0.3, -0.25) is 9.59 Å². The average Bonchev–Trinajstić information content (AvgIpc) is 2.37. The molecule has 0 saturated carbocycles. The lowest BCUT2D eigenvalue weighted by Gasteiger charge is -2.17. The van der Waals surface area contributed by atoms with Crippen molar-refractivity contribution in [2.45, 2.75) is 25.5 Å². The van der Waals surface area contributed by atoms with Gasteiger partial charge in [0.1, 0.15) is 17.6 Å². The van der Waals surface area contributed by atoms with E-state index >= 15 is 0 Å². The molecule has 3 N–H and O–H groups in total. The zero-order valence-corrected chi connectivity index (χ0v) is 11.1. The van der Waals surface area contributed by atoms with Gasteiger partial charge in [-0.15, -0.1) is 0 Å². The lowest BCUT2D eigenvalue weighted by Crippen LogP contribution is -2.47. The molecule has 7 nitrogen and oxygen atoms in total. The Labute approximate surface area is 119 Å². The van der Waals surface area contributed by atoms with Crippen molar-refractivity contribution in [2.75, 3.05) is 0 Å². The van der Waals surface area contributed by atoms with Crippen LogP contribution in [0.1, 0.15) is 13.3 Å². The molecule has 1 aromatic rings. The molecule has 0 bridgehead atoms. The van der Waals surface area contributed by atoms with Gasteiger partial charge >= 0.3 is 11.9 Å². The number of hydrogen-bond donors (Lipinski definition) is 3. The standard InChI is InChI=1S/C13H14FNO6/c1-7(21-9-4-2-3-8(14)5-9)12(18)15-10(13(19)20)6-11(16)17/h2-5,7,10H,6H2,1H3,(H,15,18)(H,16,17)(H,19,20)/t7?,10-/m0/s1. The summed E-state index contributed by atoms with van der Waals surface area (Å²) in [5.74, 6) is -4.09. The lowest BCUT2D eigenvalue weighted by atomic mass is 10.2. The van der Waals surface area contributed by atoms with Crippen LogP contribution >= 0.6 is 0 Å². The van der Waals surface area contributed by atoms with Gasteiger partial charge in [0.2, 0.25) is 0 Å². The second-order valence-corrected chi connectivity index (χ2v) is 4.21. The fraction of sp³-hybridized carbons (Fsp3) is 0.308. The van der Waals surface area contributed by atoms with Crippen LogP contribution in [0.5, 0.6) is 5.75 Å². The molecule has 0 radical (unpaired) electrons. The van der Waals surface area contributed by atoms with Gasteiger partial charge in [-0.05, 0) is 19.1 Å². The molecule has 1 aromatic carbocycles. The third kappa shape index (κ3) is 5.47. The van der Waals surface area contributed by atoms with Gasteiger partial charge in [-0.25, -0.2) is 9.18 Å². The molecule has 1 rings (SSSR count). The van der Waals surface area contributed by atoms with Gasteiger partial charge in [0.25, 0.3) is 5.91 Å². The Kier molecular flexibility index (Phi) is 5.65. The first-order valence-electron chi connectivity index (χ1n) is 5.96. The molecule has 1 unspecified atom stereocenters. The lowest BCUT2D eigenvalue weighted by molar-refractivity contribution is -0.147. The zero-order valence-electron chi connectivity index (χ0n) is 11.1. The molecular weight excluding hydrogens is 285 g/mol. The van der Waals surface area contributed by atoms with Crippen LogP contribution in [0, 0.1) is 5.82 Å². The van der Waals surface area contributed by atoms with Crippen LogP contribution in [0.4, 0.5) is 4.39 Å².